The van der Waals surface area contributed by atoms with Gasteiger partial charge in [-0.2, -0.15) is 0 Å². The summed E-state index contributed by atoms with van der Waals surface area (Å²) in [5.41, 5.74) is 1.94. The lowest BCUT2D eigenvalue weighted by Gasteiger charge is -2.12. The lowest BCUT2D eigenvalue weighted by Crippen LogP contribution is -2.25. The quantitative estimate of drug-likeness (QED) is 0.410. The van der Waals surface area contributed by atoms with E-state index in [4.69, 9.17) is 14.2 Å². The predicted molar refractivity (Wildman–Crippen MR) is 103 cm³/mol. The molecule has 1 unspecified atom stereocenters. The Labute approximate surface area is 165 Å². The van der Waals surface area contributed by atoms with Crippen molar-refractivity contribution in [3.05, 3.63) is 63.3 Å². The van der Waals surface area contributed by atoms with Gasteiger partial charge in [-0.25, -0.2) is 4.79 Å². The molecule has 6 heteroatoms. The number of benzene rings is 2. The van der Waals surface area contributed by atoms with E-state index < -0.39 is 12.1 Å². The molecule has 2 heterocycles. The van der Waals surface area contributed by atoms with Crippen LogP contribution in [0.1, 0.15) is 34.3 Å². The van der Waals surface area contributed by atoms with E-state index in [2.05, 4.69) is 15.9 Å². The van der Waals surface area contributed by atoms with Gasteiger partial charge in [0.25, 0.3) is 0 Å². The van der Waals surface area contributed by atoms with E-state index in [-0.39, 0.29) is 11.5 Å². The average Bonchev–Trinajstić information content (AvgIpc) is 3.29. The molecule has 2 aromatic carbocycles. The number of Topliss-reactive ketones (excluding diaryl/α,β-unsaturated/α-hetero) is 1. The Morgan fingerprint density at radius 3 is 2.70 bits per heavy atom. The highest BCUT2D eigenvalue weighted by Crippen LogP contribution is 2.39. The van der Waals surface area contributed by atoms with E-state index >= 15 is 0 Å². The molecule has 5 nitrogen and oxygen atoms in total. The maximum Gasteiger partial charge on any atom is 0.340 e. The molecule has 138 valence electrons. The van der Waals surface area contributed by atoms with E-state index in [1.54, 1.807) is 25.1 Å². The second-order valence-electron chi connectivity index (χ2n) is 6.48. The van der Waals surface area contributed by atoms with Gasteiger partial charge in [-0.3, -0.25) is 4.79 Å². The van der Waals surface area contributed by atoms with Gasteiger partial charge in [-0.1, -0.05) is 28.1 Å². The van der Waals surface area contributed by atoms with Crippen molar-refractivity contribution in [1.82, 2.24) is 0 Å². The molecule has 1 atom stereocenters. The van der Waals surface area contributed by atoms with E-state index in [1.165, 1.54) is 0 Å². The first-order valence-electron chi connectivity index (χ1n) is 8.69. The molecule has 1 fully saturated rings. The Bertz CT molecular complexity index is 940. The van der Waals surface area contributed by atoms with Crippen molar-refractivity contribution >= 4 is 33.8 Å². The summed E-state index contributed by atoms with van der Waals surface area (Å²) >= 11 is 3.39. The zero-order chi connectivity index (χ0) is 19.0. The topological polar surface area (TPSA) is 61.8 Å². The van der Waals surface area contributed by atoms with Crippen molar-refractivity contribution < 1.29 is 23.8 Å². The summed E-state index contributed by atoms with van der Waals surface area (Å²) < 4.78 is 17.6. The molecule has 0 spiro atoms. The average molecular weight is 429 g/mol. The first-order chi connectivity index (χ1) is 13.0. The van der Waals surface area contributed by atoms with E-state index in [9.17, 15) is 9.59 Å². The van der Waals surface area contributed by atoms with Gasteiger partial charge in [0.2, 0.25) is 5.78 Å². The molecule has 0 aromatic heterocycles. The van der Waals surface area contributed by atoms with Gasteiger partial charge < -0.3 is 14.2 Å². The number of hydrogen-bond donors (Lipinski definition) is 0. The molecule has 2 aliphatic heterocycles. The molecule has 0 N–H and O–H groups in total. The summed E-state index contributed by atoms with van der Waals surface area (Å²) in [7, 11) is 0. The minimum absolute atomic E-state index is 0.187. The number of fused-ring (bicyclic) bond motifs is 1. The van der Waals surface area contributed by atoms with Crippen LogP contribution in [0.2, 0.25) is 0 Å². The number of carbonyl (C=O) groups is 2. The molecule has 0 saturated carbocycles. The van der Waals surface area contributed by atoms with Crippen molar-refractivity contribution in [3.63, 3.8) is 0 Å². The molecular formula is C21H17BrO5. The van der Waals surface area contributed by atoms with Gasteiger partial charge in [0.05, 0.1) is 5.56 Å². The van der Waals surface area contributed by atoms with Crippen molar-refractivity contribution in [1.29, 1.82) is 0 Å². The van der Waals surface area contributed by atoms with Gasteiger partial charge >= 0.3 is 5.97 Å². The van der Waals surface area contributed by atoms with E-state index in [1.807, 2.05) is 24.3 Å². The zero-order valence-electron chi connectivity index (χ0n) is 14.7. The normalized spacial score (nSPS) is 19.9. The highest BCUT2D eigenvalue weighted by atomic mass is 79.9. The Kier molecular flexibility index (Phi) is 4.85. The van der Waals surface area contributed by atoms with Crippen LogP contribution in [0.5, 0.6) is 11.5 Å². The number of ketones is 1. The third-order valence-electron chi connectivity index (χ3n) is 4.61. The standard InChI is InChI=1S/C21H17BrO5/c1-12-16(27-21(24)17-3-2-10-25-17)9-8-15-19(23)18(26-20(12)15)11-13-4-6-14(22)7-5-13/h4-9,11,17H,2-3,10H2,1H3/b18-11-. The molecule has 0 aliphatic carbocycles. The first kappa shape index (κ1) is 17.9. The molecule has 0 bridgehead atoms. The Hall–Kier alpha value is -2.44. The van der Waals surface area contributed by atoms with Crippen LogP contribution in [0.4, 0.5) is 0 Å². The van der Waals surface area contributed by atoms with Gasteiger partial charge in [0.15, 0.2) is 11.9 Å². The third kappa shape index (κ3) is 3.55. The highest BCUT2D eigenvalue weighted by Gasteiger charge is 2.32. The maximum atomic E-state index is 12.6. The Morgan fingerprint density at radius 2 is 2.00 bits per heavy atom. The largest absolute Gasteiger partial charge is 0.452 e. The summed E-state index contributed by atoms with van der Waals surface area (Å²) in [6, 6.07) is 10.8. The number of hydrogen-bond acceptors (Lipinski definition) is 5. The minimum atomic E-state index is -0.520. The van der Waals surface area contributed by atoms with Gasteiger partial charge in [0.1, 0.15) is 11.5 Å². The van der Waals surface area contributed by atoms with Gasteiger partial charge in [-0.05, 0) is 55.7 Å². The fourth-order valence-electron chi connectivity index (χ4n) is 3.13. The number of esters is 1. The van der Waals surface area contributed by atoms with E-state index in [0.717, 1.165) is 16.5 Å². The van der Waals surface area contributed by atoms with Crippen LogP contribution in [0.3, 0.4) is 0 Å². The second-order valence-corrected chi connectivity index (χ2v) is 7.40. The lowest BCUT2D eigenvalue weighted by molar-refractivity contribution is -0.144. The minimum Gasteiger partial charge on any atom is -0.452 e. The van der Waals surface area contributed by atoms with Crippen molar-refractivity contribution in [2.45, 2.75) is 25.9 Å². The highest BCUT2D eigenvalue weighted by molar-refractivity contribution is 9.10. The Morgan fingerprint density at radius 1 is 1.22 bits per heavy atom. The summed E-state index contributed by atoms with van der Waals surface area (Å²) in [4.78, 5) is 24.8. The number of carbonyl (C=O) groups excluding carboxylic acids is 2. The molecule has 2 aromatic rings. The predicted octanol–water partition coefficient (Wildman–Crippen LogP) is 4.46. The SMILES string of the molecule is Cc1c(OC(=O)C2CCCO2)ccc2c1O/C(=C\c1ccc(Br)cc1)C2=O. The van der Waals surface area contributed by atoms with Crippen LogP contribution in [0.15, 0.2) is 46.6 Å². The molecule has 0 radical (unpaired) electrons. The van der Waals surface area contributed by atoms with Crippen LogP contribution >= 0.6 is 15.9 Å². The summed E-state index contributed by atoms with van der Waals surface area (Å²) in [5, 5.41) is 0. The monoisotopic (exact) mass is 428 g/mol. The Balaban J connectivity index is 1.58. The third-order valence-corrected chi connectivity index (χ3v) is 5.14. The smallest absolute Gasteiger partial charge is 0.340 e. The van der Waals surface area contributed by atoms with Gasteiger partial charge in [-0.15, -0.1) is 0 Å². The number of halogens is 1. The zero-order valence-corrected chi connectivity index (χ0v) is 16.2. The lowest BCUT2D eigenvalue weighted by atomic mass is 10.1. The van der Waals surface area contributed by atoms with Crippen molar-refractivity contribution in [2.24, 2.45) is 0 Å². The summed E-state index contributed by atoms with van der Waals surface area (Å²) in [5.74, 6) is 0.462. The first-order valence-corrected chi connectivity index (χ1v) is 9.49. The number of rotatable bonds is 3. The van der Waals surface area contributed by atoms with Gasteiger partial charge in [0, 0.05) is 16.6 Å². The van der Waals surface area contributed by atoms with Crippen LogP contribution in [0, 0.1) is 6.92 Å². The number of allylic oxidation sites excluding steroid dienone is 1. The molecular weight excluding hydrogens is 412 g/mol. The van der Waals surface area contributed by atoms with Crippen molar-refractivity contribution in [3.8, 4) is 11.5 Å². The molecule has 1 saturated heterocycles. The molecule has 4 rings (SSSR count). The summed E-state index contributed by atoms with van der Waals surface area (Å²) in [6.45, 7) is 2.34. The second kappa shape index (κ2) is 7.29. The van der Waals surface area contributed by atoms with Crippen LogP contribution in [-0.2, 0) is 9.53 Å². The maximum absolute atomic E-state index is 12.6. The molecule has 0 amide bonds. The molecule has 27 heavy (non-hydrogen) atoms. The molecule has 2 aliphatic rings. The van der Waals surface area contributed by atoms with Crippen LogP contribution < -0.4 is 9.47 Å². The fraction of sp³-hybridized carbons (Fsp3) is 0.238. The fourth-order valence-corrected chi connectivity index (χ4v) is 3.39. The van der Waals surface area contributed by atoms with Crippen LogP contribution in [0.25, 0.3) is 6.08 Å². The number of ether oxygens (including phenoxy) is 3. The van der Waals surface area contributed by atoms with Crippen molar-refractivity contribution in [2.75, 3.05) is 6.61 Å². The van der Waals surface area contributed by atoms with E-state index in [0.29, 0.717) is 35.7 Å². The van der Waals surface area contributed by atoms with Crippen LogP contribution in [-0.4, -0.2) is 24.5 Å². The summed E-state index contributed by atoms with van der Waals surface area (Å²) in [6.07, 6.45) is 2.70.